The van der Waals surface area contributed by atoms with Crippen molar-refractivity contribution in [1.29, 1.82) is 5.26 Å². The summed E-state index contributed by atoms with van der Waals surface area (Å²) in [6, 6.07) is 18.3. The summed E-state index contributed by atoms with van der Waals surface area (Å²) < 4.78 is 5.08. The van der Waals surface area contributed by atoms with Crippen molar-refractivity contribution in [3.05, 3.63) is 71.3 Å². The van der Waals surface area contributed by atoms with Crippen LogP contribution in [0.2, 0.25) is 0 Å². The lowest BCUT2D eigenvalue weighted by molar-refractivity contribution is 0.0132. The van der Waals surface area contributed by atoms with E-state index in [9.17, 15) is 15.0 Å². The summed E-state index contributed by atoms with van der Waals surface area (Å²) >= 11 is 0. The molecule has 0 fully saturated rings. The summed E-state index contributed by atoms with van der Waals surface area (Å²) in [4.78, 5) is 11.7. The van der Waals surface area contributed by atoms with Gasteiger partial charge in [0.15, 0.2) is 0 Å². The molecule has 0 heterocycles. The van der Waals surface area contributed by atoms with E-state index < -0.39 is 18.3 Å². The highest BCUT2D eigenvalue weighted by molar-refractivity contribution is 5.67. The van der Waals surface area contributed by atoms with E-state index in [4.69, 9.17) is 10.00 Å². The van der Waals surface area contributed by atoms with Crippen molar-refractivity contribution in [3.63, 3.8) is 0 Å². The Kier molecular flexibility index (Phi) is 7.62. The summed E-state index contributed by atoms with van der Waals surface area (Å²) in [5.41, 5.74) is 2.08. The van der Waals surface area contributed by atoms with E-state index in [1.807, 2.05) is 36.4 Å². The zero-order valence-corrected chi connectivity index (χ0v) is 14.3. The van der Waals surface area contributed by atoms with E-state index >= 15 is 0 Å². The van der Waals surface area contributed by atoms with E-state index in [2.05, 4.69) is 5.32 Å². The Bertz CT molecular complexity index is 743. The van der Waals surface area contributed by atoms with Gasteiger partial charge in [0.05, 0.1) is 18.6 Å². The lowest BCUT2D eigenvalue weighted by Crippen LogP contribution is -2.30. The Morgan fingerprint density at radius 1 is 1.12 bits per heavy atom. The molecular formula is C20H22N2O4. The standard InChI is InChI=1S/C20H22N2O4/c21-12-10-16-8-4-5-9-17(16)19(24)18(23)11-13-22-20(25)26-14-15-6-2-1-3-7-15/h1-9,18-19,23-24H,10-11,13-14H2,(H,22,25). The van der Waals surface area contributed by atoms with Crippen molar-refractivity contribution in [2.45, 2.75) is 31.7 Å². The van der Waals surface area contributed by atoms with E-state index in [-0.39, 0.29) is 26.0 Å². The van der Waals surface area contributed by atoms with Crippen molar-refractivity contribution in [2.75, 3.05) is 6.54 Å². The van der Waals surface area contributed by atoms with Crippen LogP contribution in [0.15, 0.2) is 54.6 Å². The first-order valence-electron chi connectivity index (χ1n) is 8.37. The number of ether oxygens (including phenoxy) is 1. The van der Waals surface area contributed by atoms with Gasteiger partial charge in [0, 0.05) is 6.54 Å². The second-order valence-electron chi connectivity index (χ2n) is 5.82. The molecule has 2 rings (SSSR count). The van der Waals surface area contributed by atoms with Crippen LogP contribution in [-0.2, 0) is 17.8 Å². The second kappa shape index (κ2) is 10.2. The molecule has 6 heteroatoms. The lowest BCUT2D eigenvalue weighted by Gasteiger charge is -2.20. The molecule has 2 aromatic carbocycles. The molecular weight excluding hydrogens is 332 g/mol. The van der Waals surface area contributed by atoms with E-state index in [0.29, 0.717) is 11.1 Å². The molecule has 3 N–H and O–H groups in total. The number of nitriles is 1. The summed E-state index contributed by atoms with van der Waals surface area (Å²) in [5.74, 6) is 0. The smallest absolute Gasteiger partial charge is 0.407 e. The maximum Gasteiger partial charge on any atom is 0.407 e. The Labute approximate surface area is 152 Å². The van der Waals surface area contributed by atoms with Crippen LogP contribution in [0.1, 0.15) is 29.2 Å². The van der Waals surface area contributed by atoms with Crippen molar-refractivity contribution in [3.8, 4) is 6.07 Å². The van der Waals surface area contributed by atoms with Crippen LogP contribution in [0.4, 0.5) is 4.79 Å². The molecule has 1 amide bonds. The molecule has 136 valence electrons. The fourth-order valence-corrected chi connectivity index (χ4v) is 2.53. The van der Waals surface area contributed by atoms with Gasteiger partial charge in [-0.05, 0) is 23.1 Å². The molecule has 6 nitrogen and oxygen atoms in total. The average Bonchev–Trinajstić information content (AvgIpc) is 2.67. The van der Waals surface area contributed by atoms with E-state index in [1.165, 1.54) is 0 Å². The second-order valence-corrected chi connectivity index (χ2v) is 5.82. The van der Waals surface area contributed by atoms with Crippen LogP contribution in [0.25, 0.3) is 0 Å². The first-order chi connectivity index (χ1) is 12.6. The third-order valence-corrected chi connectivity index (χ3v) is 3.93. The zero-order valence-electron chi connectivity index (χ0n) is 14.3. The van der Waals surface area contributed by atoms with Gasteiger partial charge in [0.2, 0.25) is 0 Å². The van der Waals surface area contributed by atoms with E-state index in [1.54, 1.807) is 24.3 Å². The van der Waals surface area contributed by atoms with Crippen molar-refractivity contribution in [1.82, 2.24) is 5.32 Å². The lowest BCUT2D eigenvalue weighted by atomic mass is 9.96. The predicted octanol–water partition coefficient (Wildman–Crippen LogP) is 2.46. The number of rotatable bonds is 8. The number of carbonyl (C=O) groups excluding carboxylic acids is 1. The number of amides is 1. The molecule has 2 unspecified atom stereocenters. The number of aliphatic hydroxyl groups excluding tert-OH is 2. The Balaban J connectivity index is 1.76. The molecule has 0 saturated heterocycles. The van der Waals surface area contributed by atoms with Crippen molar-refractivity contribution < 1.29 is 19.7 Å². The monoisotopic (exact) mass is 354 g/mol. The number of benzene rings is 2. The van der Waals surface area contributed by atoms with Gasteiger partial charge in [-0.2, -0.15) is 5.26 Å². The van der Waals surface area contributed by atoms with E-state index in [0.717, 1.165) is 5.56 Å². The van der Waals surface area contributed by atoms with Gasteiger partial charge < -0.3 is 20.3 Å². The molecule has 0 aliphatic rings. The molecule has 0 aliphatic carbocycles. The fourth-order valence-electron chi connectivity index (χ4n) is 2.53. The molecule has 0 radical (unpaired) electrons. The van der Waals surface area contributed by atoms with Gasteiger partial charge in [-0.1, -0.05) is 54.6 Å². The SMILES string of the molecule is N#CCc1ccccc1C(O)C(O)CCNC(=O)OCc1ccccc1. The maximum atomic E-state index is 11.7. The topological polar surface area (TPSA) is 103 Å². The third kappa shape index (κ3) is 5.88. The van der Waals surface area contributed by atoms with Crippen LogP contribution in [0, 0.1) is 11.3 Å². The Morgan fingerprint density at radius 2 is 1.81 bits per heavy atom. The van der Waals surface area contributed by atoms with Crippen LogP contribution >= 0.6 is 0 Å². The summed E-state index contributed by atoms with van der Waals surface area (Å²) in [6.45, 7) is 0.325. The highest BCUT2D eigenvalue weighted by atomic mass is 16.5. The summed E-state index contributed by atoms with van der Waals surface area (Å²) in [6.07, 6.45) is -2.46. The Hall–Kier alpha value is -2.88. The van der Waals surface area contributed by atoms with Crippen LogP contribution < -0.4 is 5.32 Å². The Morgan fingerprint density at radius 3 is 2.54 bits per heavy atom. The molecule has 0 aromatic heterocycles. The van der Waals surface area contributed by atoms with Gasteiger partial charge >= 0.3 is 6.09 Å². The predicted molar refractivity (Wildman–Crippen MR) is 96.0 cm³/mol. The maximum absolute atomic E-state index is 11.7. The number of alkyl carbamates (subject to hydrolysis) is 1. The molecule has 2 atom stereocenters. The van der Waals surface area contributed by atoms with Gasteiger partial charge in [-0.3, -0.25) is 0 Å². The number of hydrogen-bond acceptors (Lipinski definition) is 5. The first kappa shape index (κ1) is 19.4. The molecule has 2 aromatic rings. The number of carbonyl (C=O) groups is 1. The number of aliphatic hydroxyl groups is 2. The number of nitrogens with one attached hydrogen (secondary N) is 1. The molecule has 0 saturated carbocycles. The van der Waals surface area contributed by atoms with Crippen molar-refractivity contribution in [2.24, 2.45) is 0 Å². The normalized spacial score (nSPS) is 12.7. The largest absolute Gasteiger partial charge is 0.445 e. The highest BCUT2D eigenvalue weighted by Crippen LogP contribution is 2.23. The van der Waals surface area contributed by atoms with Crippen LogP contribution in [-0.4, -0.2) is 29.0 Å². The van der Waals surface area contributed by atoms with Gasteiger partial charge in [-0.25, -0.2) is 4.79 Å². The minimum Gasteiger partial charge on any atom is -0.445 e. The molecule has 0 spiro atoms. The first-order valence-corrected chi connectivity index (χ1v) is 8.37. The average molecular weight is 354 g/mol. The molecule has 0 aliphatic heterocycles. The molecule has 26 heavy (non-hydrogen) atoms. The zero-order chi connectivity index (χ0) is 18.8. The summed E-state index contributed by atoms with van der Waals surface area (Å²) in [7, 11) is 0. The van der Waals surface area contributed by atoms with Gasteiger partial charge in [0.1, 0.15) is 12.7 Å². The third-order valence-electron chi connectivity index (χ3n) is 3.93. The number of nitrogens with zero attached hydrogens (tertiary/aromatic N) is 1. The van der Waals surface area contributed by atoms with Crippen LogP contribution in [0.3, 0.4) is 0 Å². The number of hydrogen-bond donors (Lipinski definition) is 3. The van der Waals surface area contributed by atoms with Gasteiger partial charge in [0.25, 0.3) is 0 Å². The van der Waals surface area contributed by atoms with Gasteiger partial charge in [-0.15, -0.1) is 0 Å². The minimum absolute atomic E-state index is 0.155. The quantitative estimate of drug-likeness (QED) is 0.676. The fraction of sp³-hybridized carbons (Fsp3) is 0.300. The van der Waals surface area contributed by atoms with Crippen molar-refractivity contribution >= 4 is 6.09 Å². The molecule has 0 bridgehead atoms. The van der Waals surface area contributed by atoms with Crippen LogP contribution in [0.5, 0.6) is 0 Å². The minimum atomic E-state index is -1.12. The highest BCUT2D eigenvalue weighted by Gasteiger charge is 2.20. The summed E-state index contributed by atoms with van der Waals surface area (Å²) in [5, 5.41) is 31.9.